The van der Waals surface area contributed by atoms with Crippen LogP contribution >= 0.6 is 0 Å². The molecule has 1 fully saturated rings. The lowest BCUT2D eigenvalue weighted by Crippen LogP contribution is -2.37. The lowest BCUT2D eigenvalue weighted by molar-refractivity contribution is 0.252. The van der Waals surface area contributed by atoms with Crippen LogP contribution in [0.15, 0.2) is 0 Å². The molecule has 0 heterocycles. The molecule has 1 atom stereocenters. The highest BCUT2D eigenvalue weighted by atomic mass is 15.1. The molecule has 0 aromatic heterocycles. The molecule has 0 aliphatic heterocycles. The van der Waals surface area contributed by atoms with Crippen LogP contribution in [0, 0.1) is 17.2 Å². The lowest BCUT2D eigenvalue weighted by Gasteiger charge is -2.23. The van der Waals surface area contributed by atoms with Crippen molar-refractivity contribution in [2.45, 2.75) is 58.5 Å². The van der Waals surface area contributed by atoms with E-state index in [0.29, 0.717) is 6.04 Å². The van der Waals surface area contributed by atoms with Gasteiger partial charge in [-0.05, 0) is 52.0 Å². The number of hydrogen-bond acceptors (Lipinski definition) is 3. The van der Waals surface area contributed by atoms with Gasteiger partial charge in [0.25, 0.3) is 0 Å². The maximum absolute atomic E-state index is 9.08. The molecular formula is C14H27N3. The van der Waals surface area contributed by atoms with Gasteiger partial charge in [0.2, 0.25) is 0 Å². The first-order valence-corrected chi connectivity index (χ1v) is 7.03. The summed E-state index contributed by atoms with van der Waals surface area (Å²) < 4.78 is 0. The summed E-state index contributed by atoms with van der Waals surface area (Å²) >= 11 is 0. The summed E-state index contributed by atoms with van der Waals surface area (Å²) in [5.74, 6) is 0.945. The summed E-state index contributed by atoms with van der Waals surface area (Å²) in [5, 5.41) is 12.4. The third-order valence-electron chi connectivity index (χ3n) is 3.18. The predicted molar refractivity (Wildman–Crippen MR) is 71.7 cm³/mol. The van der Waals surface area contributed by atoms with Gasteiger partial charge in [-0.2, -0.15) is 5.26 Å². The van der Waals surface area contributed by atoms with Crippen LogP contribution < -0.4 is 5.32 Å². The van der Waals surface area contributed by atoms with Gasteiger partial charge in [0.1, 0.15) is 0 Å². The molecule has 1 unspecified atom stereocenters. The third kappa shape index (κ3) is 6.65. The standard InChI is InChI=1S/C14H27N3/c1-4-8-17(11-13-5-6-13)9-7-14(10-15)16-12(2)3/h12-14,16H,4-9,11H2,1-3H3. The summed E-state index contributed by atoms with van der Waals surface area (Å²) in [5.41, 5.74) is 0. The smallest absolute Gasteiger partial charge is 0.0967 e. The van der Waals surface area contributed by atoms with Gasteiger partial charge in [0.05, 0.1) is 12.1 Å². The number of nitriles is 1. The Kier molecular flexibility index (Phi) is 6.54. The summed E-state index contributed by atoms with van der Waals surface area (Å²) in [4.78, 5) is 2.53. The number of nitrogens with one attached hydrogen (secondary N) is 1. The molecule has 3 nitrogen and oxygen atoms in total. The normalized spacial score (nSPS) is 17.4. The fourth-order valence-corrected chi connectivity index (χ4v) is 2.18. The maximum Gasteiger partial charge on any atom is 0.0967 e. The lowest BCUT2D eigenvalue weighted by atomic mass is 10.2. The van der Waals surface area contributed by atoms with Crippen LogP contribution in [0.25, 0.3) is 0 Å². The van der Waals surface area contributed by atoms with Crippen molar-refractivity contribution >= 4 is 0 Å². The van der Waals surface area contributed by atoms with Gasteiger partial charge < -0.3 is 4.90 Å². The molecule has 1 N–H and O–H groups in total. The second kappa shape index (κ2) is 7.68. The van der Waals surface area contributed by atoms with E-state index in [-0.39, 0.29) is 6.04 Å². The first-order valence-electron chi connectivity index (χ1n) is 7.03. The molecule has 0 aromatic carbocycles. The quantitative estimate of drug-likeness (QED) is 0.669. The molecule has 0 spiro atoms. The zero-order chi connectivity index (χ0) is 12.7. The average molecular weight is 237 g/mol. The molecule has 17 heavy (non-hydrogen) atoms. The first kappa shape index (κ1) is 14.5. The van der Waals surface area contributed by atoms with Crippen molar-refractivity contribution in [3.8, 4) is 6.07 Å². The Morgan fingerprint density at radius 3 is 2.53 bits per heavy atom. The Bertz CT molecular complexity index is 240. The highest BCUT2D eigenvalue weighted by molar-refractivity contribution is 4.91. The Morgan fingerprint density at radius 1 is 1.35 bits per heavy atom. The Hall–Kier alpha value is -0.590. The van der Waals surface area contributed by atoms with Crippen molar-refractivity contribution in [2.24, 2.45) is 5.92 Å². The van der Waals surface area contributed by atoms with E-state index in [1.54, 1.807) is 0 Å². The molecule has 0 saturated heterocycles. The van der Waals surface area contributed by atoms with E-state index >= 15 is 0 Å². The van der Waals surface area contributed by atoms with Crippen LogP contribution in [-0.2, 0) is 0 Å². The minimum absolute atomic E-state index is 0.00793. The molecule has 3 heteroatoms. The first-order chi connectivity index (χ1) is 8.15. The van der Waals surface area contributed by atoms with Crippen molar-refractivity contribution in [1.29, 1.82) is 5.26 Å². The van der Waals surface area contributed by atoms with Crippen molar-refractivity contribution in [2.75, 3.05) is 19.6 Å². The van der Waals surface area contributed by atoms with Gasteiger partial charge in [0, 0.05) is 19.1 Å². The van der Waals surface area contributed by atoms with Gasteiger partial charge in [-0.1, -0.05) is 6.92 Å². The van der Waals surface area contributed by atoms with Crippen LogP contribution in [0.5, 0.6) is 0 Å². The molecule has 0 bridgehead atoms. The van der Waals surface area contributed by atoms with E-state index in [1.807, 2.05) is 0 Å². The largest absolute Gasteiger partial charge is 0.303 e. The molecular weight excluding hydrogens is 210 g/mol. The number of rotatable bonds is 9. The van der Waals surface area contributed by atoms with E-state index < -0.39 is 0 Å². The van der Waals surface area contributed by atoms with E-state index in [1.165, 1.54) is 32.4 Å². The van der Waals surface area contributed by atoms with Crippen molar-refractivity contribution < 1.29 is 0 Å². The van der Waals surface area contributed by atoms with Gasteiger partial charge in [-0.25, -0.2) is 0 Å². The van der Waals surface area contributed by atoms with Crippen LogP contribution in [0.3, 0.4) is 0 Å². The predicted octanol–water partition coefficient (Wildman–Crippen LogP) is 2.39. The fraction of sp³-hybridized carbons (Fsp3) is 0.929. The van der Waals surface area contributed by atoms with Gasteiger partial charge in [-0.3, -0.25) is 5.32 Å². The SMILES string of the molecule is CCCN(CCC(C#N)NC(C)C)CC1CC1. The molecule has 1 rings (SSSR count). The highest BCUT2D eigenvalue weighted by Crippen LogP contribution is 2.29. The van der Waals surface area contributed by atoms with Crippen LogP contribution in [0.2, 0.25) is 0 Å². The monoisotopic (exact) mass is 237 g/mol. The molecule has 0 radical (unpaired) electrons. The Balaban J connectivity index is 2.25. The second-order valence-corrected chi connectivity index (χ2v) is 5.54. The van der Waals surface area contributed by atoms with E-state index in [4.69, 9.17) is 5.26 Å². The van der Waals surface area contributed by atoms with Crippen LogP contribution in [0.1, 0.15) is 46.5 Å². The molecule has 1 saturated carbocycles. The van der Waals surface area contributed by atoms with Crippen LogP contribution in [-0.4, -0.2) is 36.6 Å². The summed E-state index contributed by atoms with van der Waals surface area (Å²) in [6.45, 7) is 9.90. The van der Waals surface area contributed by atoms with E-state index in [2.05, 4.69) is 37.1 Å². The average Bonchev–Trinajstić information content (AvgIpc) is 3.07. The van der Waals surface area contributed by atoms with Crippen molar-refractivity contribution in [3.63, 3.8) is 0 Å². The minimum Gasteiger partial charge on any atom is -0.303 e. The fourth-order valence-electron chi connectivity index (χ4n) is 2.18. The van der Waals surface area contributed by atoms with E-state index in [9.17, 15) is 0 Å². The zero-order valence-electron chi connectivity index (χ0n) is 11.6. The zero-order valence-corrected chi connectivity index (χ0v) is 11.6. The van der Waals surface area contributed by atoms with Crippen LogP contribution in [0.4, 0.5) is 0 Å². The second-order valence-electron chi connectivity index (χ2n) is 5.54. The van der Waals surface area contributed by atoms with Gasteiger partial charge in [0.15, 0.2) is 0 Å². The highest BCUT2D eigenvalue weighted by Gasteiger charge is 2.24. The summed E-state index contributed by atoms with van der Waals surface area (Å²) in [7, 11) is 0. The number of nitrogens with zero attached hydrogens (tertiary/aromatic N) is 2. The Morgan fingerprint density at radius 2 is 2.06 bits per heavy atom. The number of hydrogen-bond donors (Lipinski definition) is 1. The summed E-state index contributed by atoms with van der Waals surface area (Å²) in [6, 6.07) is 2.76. The minimum atomic E-state index is 0.00793. The van der Waals surface area contributed by atoms with E-state index in [0.717, 1.165) is 18.9 Å². The Labute approximate surface area is 106 Å². The van der Waals surface area contributed by atoms with Crippen molar-refractivity contribution in [3.05, 3.63) is 0 Å². The topological polar surface area (TPSA) is 39.1 Å². The molecule has 0 amide bonds. The maximum atomic E-state index is 9.08. The molecule has 1 aliphatic rings. The van der Waals surface area contributed by atoms with Crippen molar-refractivity contribution in [1.82, 2.24) is 10.2 Å². The molecule has 0 aromatic rings. The molecule has 1 aliphatic carbocycles. The van der Waals surface area contributed by atoms with Gasteiger partial charge in [-0.15, -0.1) is 0 Å². The third-order valence-corrected chi connectivity index (χ3v) is 3.18. The molecule has 98 valence electrons. The van der Waals surface area contributed by atoms with Gasteiger partial charge >= 0.3 is 0 Å². The summed E-state index contributed by atoms with van der Waals surface area (Å²) in [6.07, 6.45) is 4.97.